The fourth-order valence-corrected chi connectivity index (χ4v) is 3.34. The second kappa shape index (κ2) is 9.70. The first-order chi connectivity index (χ1) is 14.7. The first kappa shape index (κ1) is 22.4. The molecule has 0 saturated carbocycles. The van der Waals surface area contributed by atoms with Crippen LogP contribution in [0.25, 0.3) is 11.4 Å². The van der Waals surface area contributed by atoms with Gasteiger partial charge in [0.05, 0.1) is 0 Å². The molecular weight excluding hydrogens is 410 g/mol. The molecule has 0 fully saturated rings. The molecule has 0 aliphatic carbocycles. The summed E-state index contributed by atoms with van der Waals surface area (Å²) in [6.07, 6.45) is 0. The number of hydrogen-bond acceptors (Lipinski definition) is 4. The van der Waals surface area contributed by atoms with Crippen LogP contribution in [-0.4, -0.2) is 33.1 Å². The molecule has 1 aromatic heterocycles. The van der Waals surface area contributed by atoms with Gasteiger partial charge in [-0.05, 0) is 61.8 Å². The van der Waals surface area contributed by atoms with Crippen molar-refractivity contribution in [3.8, 4) is 11.4 Å². The molecule has 0 radical (unpaired) electrons. The summed E-state index contributed by atoms with van der Waals surface area (Å²) in [5.74, 6) is 0.634. The lowest BCUT2D eigenvalue weighted by atomic mass is 10.1. The summed E-state index contributed by atoms with van der Waals surface area (Å²) in [4.78, 5) is 25.0. The van der Waals surface area contributed by atoms with Gasteiger partial charge in [-0.3, -0.25) is 19.3 Å². The number of aryl methyl sites for hydroxylation is 2. The van der Waals surface area contributed by atoms with Crippen molar-refractivity contribution in [2.45, 2.75) is 34.2 Å². The van der Waals surface area contributed by atoms with Crippen LogP contribution in [0, 0.1) is 24.5 Å². The number of aromatic amines is 1. The van der Waals surface area contributed by atoms with Gasteiger partial charge in [0.2, 0.25) is 5.91 Å². The maximum atomic E-state index is 12.7. The van der Waals surface area contributed by atoms with Gasteiger partial charge in [-0.25, -0.2) is 0 Å². The molecule has 0 unspecified atom stereocenters. The summed E-state index contributed by atoms with van der Waals surface area (Å²) in [7, 11) is 0. The van der Waals surface area contributed by atoms with Crippen LogP contribution in [0.4, 0.5) is 5.69 Å². The number of nitrogens with zero attached hydrogens (tertiary/aromatic N) is 2. The molecule has 0 atom stereocenters. The van der Waals surface area contributed by atoms with Crippen LogP contribution in [0.5, 0.6) is 0 Å². The van der Waals surface area contributed by atoms with E-state index in [0.717, 1.165) is 16.7 Å². The Morgan fingerprint density at radius 1 is 1.16 bits per heavy atom. The summed E-state index contributed by atoms with van der Waals surface area (Å²) in [5, 5.41) is 12.9. The van der Waals surface area contributed by atoms with E-state index >= 15 is 0 Å². The molecule has 0 spiro atoms. The lowest BCUT2D eigenvalue weighted by Crippen LogP contribution is -2.27. The third-order valence-electron chi connectivity index (χ3n) is 4.77. The first-order valence-corrected chi connectivity index (χ1v) is 10.6. The number of benzene rings is 2. The third-order valence-corrected chi connectivity index (χ3v) is 5.08. The van der Waals surface area contributed by atoms with Gasteiger partial charge in [-0.15, -0.1) is 0 Å². The number of rotatable bonds is 7. The summed E-state index contributed by atoms with van der Waals surface area (Å²) in [6, 6.07) is 13.1. The van der Waals surface area contributed by atoms with Crippen LogP contribution in [0.3, 0.4) is 0 Å². The zero-order valence-corrected chi connectivity index (χ0v) is 19.0. The number of anilines is 1. The Labute approximate surface area is 186 Å². The minimum Gasteiger partial charge on any atom is -0.352 e. The van der Waals surface area contributed by atoms with E-state index in [1.165, 1.54) is 0 Å². The maximum Gasteiger partial charge on any atom is 0.251 e. The fraction of sp³-hybridized carbons (Fsp3) is 0.304. The van der Waals surface area contributed by atoms with Crippen LogP contribution < -0.4 is 10.6 Å². The van der Waals surface area contributed by atoms with E-state index in [4.69, 9.17) is 12.2 Å². The monoisotopic (exact) mass is 437 g/mol. The van der Waals surface area contributed by atoms with Crippen molar-refractivity contribution in [1.82, 2.24) is 20.1 Å². The van der Waals surface area contributed by atoms with Crippen LogP contribution in [0.2, 0.25) is 0 Å². The zero-order valence-electron chi connectivity index (χ0n) is 18.2. The topological polar surface area (TPSA) is 91.8 Å². The SMILES string of the molecule is Cc1cccc(-c2n[nH]c(=S)n2CC(=O)Nc2ccc(C(=O)NCC(C)C)cc2C)c1. The van der Waals surface area contributed by atoms with E-state index in [1.54, 1.807) is 22.8 Å². The summed E-state index contributed by atoms with van der Waals surface area (Å²) in [6.45, 7) is 8.58. The molecule has 0 saturated heterocycles. The average molecular weight is 438 g/mol. The fourth-order valence-electron chi connectivity index (χ4n) is 3.15. The number of carbonyl (C=O) groups is 2. The highest BCUT2D eigenvalue weighted by Gasteiger charge is 2.14. The molecule has 2 amide bonds. The number of carbonyl (C=O) groups excluding carboxylic acids is 2. The maximum absolute atomic E-state index is 12.7. The highest BCUT2D eigenvalue weighted by Crippen LogP contribution is 2.20. The molecule has 31 heavy (non-hydrogen) atoms. The lowest BCUT2D eigenvalue weighted by Gasteiger charge is -2.12. The molecule has 8 heteroatoms. The molecular formula is C23H27N5O2S. The van der Waals surface area contributed by atoms with Gasteiger partial charge in [-0.2, -0.15) is 5.10 Å². The molecule has 3 aromatic rings. The Morgan fingerprint density at radius 3 is 2.61 bits per heavy atom. The van der Waals surface area contributed by atoms with E-state index in [1.807, 2.05) is 52.0 Å². The molecule has 3 rings (SSSR count). The second-order valence-electron chi connectivity index (χ2n) is 7.99. The number of aromatic nitrogens is 3. The normalized spacial score (nSPS) is 10.9. The van der Waals surface area contributed by atoms with Gasteiger partial charge in [-0.1, -0.05) is 37.6 Å². The van der Waals surface area contributed by atoms with Crippen molar-refractivity contribution in [2.75, 3.05) is 11.9 Å². The first-order valence-electron chi connectivity index (χ1n) is 10.2. The van der Waals surface area contributed by atoms with Gasteiger partial charge in [0, 0.05) is 23.4 Å². The van der Waals surface area contributed by atoms with Gasteiger partial charge >= 0.3 is 0 Å². The van der Waals surface area contributed by atoms with Crippen molar-refractivity contribution in [2.24, 2.45) is 5.92 Å². The predicted molar refractivity (Wildman–Crippen MR) is 125 cm³/mol. The Morgan fingerprint density at radius 2 is 1.94 bits per heavy atom. The van der Waals surface area contributed by atoms with E-state index < -0.39 is 0 Å². The van der Waals surface area contributed by atoms with Gasteiger partial charge in [0.25, 0.3) is 5.91 Å². The van der Waals surface area contributed by atoms with Crippen molar-refractivity contribution in [3.63, 3.8) is 0 Å². The Balaban J connectivity index is 1.73. The average Bonchev–Trinajstić information content (AvgIpc) is 3.07. The summed E-state index contributed by atoms with van der Waals surface area (Å²) < 4.78 is 2.04. The summed E-state index contributed by atoms with van der Waals surface area (Å²) >= 11 is 5.32. The minimum atomic E-state index is -0.230. The standard InChI is InChI=1S/C23H27N5O2S/c1-14(2)12-24-22(30)18-8-9-19(16(4)11-18)25-20(29)13-28-21(26-27-23(28)31)17-7-5-6-15(3)10-17/h5-11,14H,12-13H2,1-4H3,(H,24,30)(H,25,29)(H,27,31). The van der Waals surface area contributed by atoms with Crippen molar-refractivity contribution in [3.05, 3.63) is 63.9 Å². The van der Waals surface area contributed by atoms with Crippen LogP contribution in [0.1, 0.15) is 35.3 Å². The van der Waals surface area contributed by atoms with Gasteiger partial charge < -0.3 is 10.6 Å². The Bertz CT molecular complexity index is 1160. The third kappa shape index (κ3) is 5.67. The smallest absolute Gasteiger partial charge is 0.251 e. The van der Waals surface area contributed by atoms with Crippen LogP contribution in [-0.2, 0) is 11.3 Å². The quantitative estimate of drug-likeness (QED) is 0.482. The summed E-state index contributed by atoms with van der Waals surface area (Å²) in [5.41, 5.74) is 4.00. The highest BCUT2D eigenvalue weighted by molar-refractivity contribution is 7.71. The molecule has 1 heterocycles. The van der Waals surface area contributed by atoms with Crippen molar-refractivity contribution < 1.29 is 9.59 Å². The zero-order chi connectivity index (χ0) is 22.5. The second-order valence-corrected chi connectivity index (χ2v) is 8.38. The highest BCUT2D eigenvalue weighted by atomic mass is 32.1. The Hall–Kier alpha value is -3.26. The number of hydrogen-bond donors (Lipinski definition) is 3. The minimum absolute atomic E-state index is 0.0225. The molecule has 162 valence electrons. The lowest BCUT2D eigenvalue weighted by molar-refractivity contribution is -0.116. The molecule has 7 nitrogen and oxygen atoms in total. The van der Waals surface area contributed by atoms with E-state index in [2.05, 4.69) is 20.8 Å². The number of amides is 2. The molecule has 2 aromatic carbocycles. The van der Waals surface area contributed by atoms with Crippen LogP contribution in [0.15, 0.2) is 42.5 Å². The largest absolute Gasteiger partial charge is 0.352 e. The number of H-pyrrole nitrogens is 1. The van der Waals surface area contributed by atoms with Gasteiger partial charge in [0.1, 0.15) is 6.54 Å². The van der Waals surface area contributed by atoms with Crippen molar-refractivity contribution >= 4 is 29.7 Å². The molecule has 0 bridgehead atoms. The predicted octanol–water partition coefficient (Wildman–Crippen LogP) is 4.25. The van der Waals surface area contributed by atoms with E-state index in [9.17, 15) is 9.59 Å². The molecule has 0 aliphatic rings. The molecule has 0 aliphatic heterocycles. The van der Waals surface area contributed by atoms with E-state index in [0.29, 0.717) is 34.3 Å². The number of nitrogens with one attached hydrogen (secondary N) is 3. The Kier molecular flexibility index (Phi) is 7.02. The molecule has 3 N–H and O–H groups in total. The van der Waals surface area contributed by atoms with Crippen LogP contribution >= 0.6 is 12.2 Å². The van der Waals surface area contributed by atoms with Crippen molar-refractivity contribution in [1.29, 1.82) is 0 Å². The van der Waals surface area contributed by atoms with Gasteiger partial charge in [0.15, 0.2) is 10.6 Å². The van der Waals surface area contributed by atoms with E-state index in [-0.39, 0.29) is 18.4 Å².